The number of nitro benzene ring substituents is 1. The van der Waals surface area contributed by atoms with E-state index in [1.165, 1.54) is 6.07 Å². The number of carbonyl (C=O) groups is 1. The van der Waals surface area contributed by atoms with Crippen molar-refractivity contribution in [1.29, 1.82) is 0 Å². The van der Waals surface area contributed by atoms with Crippen LogP contribution in [0.15, 0.2) is 48.7 Å². The van der Waals surface area contributed by atoms with Crippen molar-refractivity contribution in [2.75, 3.05) is 23.3 Å². The summed E-state index contributed by atoms with van der Waals surface area (Å²) >= 11 is 0. The topological polar surface area (TPSA) is 106 Å². The molecule has 9 heteroatoms. The fourth-order valence-electron chi connectivity index (χ4n) is 3.41. The van der Waals surface area contributed by atoms with E-state index < -0.39 is 0 Å². The largest absolute Gasteiger partial charge is 0.366 e. The molecule has 1 aliphatic heterocycles. The molecule has 1 aromatic carbocycles. The first-order valence-electron chi connectivity index (χ1n) is 8.72. The SMILES string of the molecule is O=C(Nc1nnc2ccccn12)C1CCN(c2ccccc2[N+](=O)[O-])CC1. The van der Waals surface area contributed by atoms with Gasteiger partial charge in [-0.2, -0.15) is 0 Å². The third kappa shape index (κ3) is 3.31. The lowest BCUT2D eigenvalue weighted by atomic mass is 9.95. The Hall–Kier alpha value is -3.49. The number of hydrogen-bond acceptors (Lipinski definition) is 6. The summed E-state index contributed by atoms with van der Waals surface area (Å²) < 4.78 is 1.72. The van der Waals surface area contributed by atoms with E-state index in [9.17, 15) is 14.9 Å². The van der Waals surface area contributed by atoms with Gasteiger partial charge in [0.25, 0.3) is 5.69 Å². The zero-order chi connectivity index (χ0) is 18.8. The lowest BCUT2D eigenvalue weighted by molar-refractivity contribution is -0.384. The standard InChI is InChI=1S/C18H18N6O3/c25-17(19-18-21-20-16-7-3-4-10-23(16)18)13-8-11-22(12-9-13)14-5-1-2-6-15(14)24(26)27/h1-7,10,13H,8-9,11-12H2,(H,19,21,25). The molecule has 138 valence electrons. The Morgan fingerprint density at radius 3 is 2.63 bits per heavy atom. The number of carbonyl (C=O) groups excluding carboxylic acids is 1. The second-order valence-electron chi connectivity index (χ2n) is 6.45. The number of para-hydroxylation sites is 2. The maximum atomic E-state index is 12.6. The molecule has 0 unspecified atom stereocenters. The average molecular weight is 366 g/mol. The number of hydrogen-bond donors (Lipinski definition) is 1. The highest BCUT2D eigenvalue weighted by Gasteiger charge is 2.28. The van der Waals surface area contributed by atoms with E-state index in [1.54, 1.807) is 28.8 Å². The van der Waals surface area contributed by atoms with Crippen LogP contribution in [-0.4, -0.2) is 38.5 Å². The smallest absolute Gasteiger partial charge is 0.292 e. The zero-order valence-corrected chi connectivity index (χ0v) is 14.5. The van der Waals surface area contributed by atoms with Gasteiger partial charge in [-0.25, -0.2) is 0 Å². The molecule has 0 aliphatic carbocycles. The van der Waals surface area contributed by atoms with Gasteiger partial charge in [0.15, 0.2) is 5.65 Å². The number of aromatic nitrogens is 3. The van der Waals surface area contributed by atoms with Gasteiger partial charge in [0.1, 0.15) is 5.69 Å². The summed E-state index contributed by atoms with van der Waals surface area (Å²) in [6.07, 6.45) is 3.03. The minimum Gasteiger partial charge on any atom is -0.366 e. The molecule has 4 rings (SSSR count). The van der Waals surface area contributed by atoms with Crippen LogP contribution >= 0.6 is 0 Å². The highest BCUT2D eigenvalue weighted by atomic mass is 16.6. The molecule has 3 heterocycles. The van der Waals surface area contributed by atoms with Crippen molar-refractivity contribution < 1.29 is 9.72 Å². The lowest BCUT2D eigenvalue weighted by Gasteiger charge is -2.32. The van der Waals surface area contributed by atoms with Crippen LogP contribution in [0.3, 0.4) is 0 Å². The molecule has 9 nitrogen and oxygen atoms in total. The van der Waals surface area contributed by atoms with Gasteiger partial charge in [0.2, 0.25) is 11.9 Å². The Kier molecular flexibility index (Phi) is 4.41. The van der Waals surface area contributed by atoms with Crippen molar-refractivity contribution in [2.24, 2.45) is 5.92 Å². The van der Waals surface area contributed by atoms with Crippen molar-refractivity contribution in [3.63, 3.8) is 0 Å². The Labute approximate surface area is 154 Å². The fraction of sp³-hybridized carbons (Fsp3) is 0.278. The van der Waals surface area contributed by atoms with Gasteiger partial charge in [-0.05, 0) is 31.0 Å². The summed E-state index contributed by atoms with van der Waals surface area (Å²) in [6.45, 7) is 1.17. The van der Waals surface area contributed by atoms with Gasteiger partial charge in [-0.3, -0.25) is 24.6 Å². The second-order valence-corrected chi connectivity index (χ2v) is 6.45. The van der Waals surface area contributed by atoms with Gasteiger partial charge in [-0.15, -0.1) is 10.2 Å². The summed E-state index contributed by atoms with van der Waals surface area (Å²) in [5.41, 5.74) is 1.36. The monoisotopic (exact) mass is 366 g/mol. The van der Waals surface area contributed by atoms with Gasteiger partial charge >= 0.3 is 0 Å². The van der Waals surface area contributed by atoms with Crippen LogP contribution < -0.4 is 10.2 Å². The van der Waals surface area contributed by atoms with Crippen LogP contribution in [0, 0.1) is 16.0 Å². The van der Waals surface area contributed by atoms with Crippen molar-refractivity contribution in [3.05, 3.63) is 58.8 Å². The second kappa shape index (κ2) is 7.02. The van der Waals surface area contributed by atoms with E-state index in [-0.39, 0.29) is 22.4 Å². The Balaban J connectivity index is 1.42. The van der Waals surface area contributed by atoms with Crippen molar-refractivity contribution in [1.82, 2.24) is 14.6 Å². The Morgan fingerprint density at radius 1 is 1.11 bits per heavy atom. The van der Waals surface area contributed by atoms with Gasteiger partial charge in [0, 0.05) is 31.3 Å². The fourth-order valence-corrected chi connectivity index (χ4v) is 3.41. The number of nitrogens with one attached hydrogen (secondary N) is 1. The first kappa shape index (κ1) is 17.0. The molecule has 0 radical (unpaired) electrons. The predicted molar refractivity (Wildman–Crippen MR) is 99.7 cm³/mol. The predicted octanol–water partition coefficient (Wildman–Crippen LogP) is 2.49. The summed E-state index contributed by atoms with van der Waals surface area (Å²) in [7, 11) is 0. The molecule has 27 heavy (non-hydrogen) atoms. The maximum absolute atomic E-state index is 12.6. The number of rotatable bonds is 4. The van der Waals surface area contributed by atoms with Gasteiger partial charge in [-0.1, -0.05) is 18.2 Å². The first-order valence-corrected chi connectivity index (χ1v) is 8.72. The number of nitro groups is 1. The van der Waals surface area contributed by atoms with E-state index >= 15 is 0 Å². The number of piperidine rings is 1. The van der Waals surface area contributed by atoms with E-state index in [2.05, 4.69) is 15.5 Å². The highest BCUT2D eigenvalue weighted by molar-refractivity contribution is 5.91. The highest BCUT2D eigenvalue weighted by Crippen LogP contribution is 2.31. The molecule has 1 amide bonds. The third-order valence-corrected chi connectivity index (χ3v) is 4.83. The lowest BCUT2D eigenvalue weighted by Crippen LogP contribution is -2.38. The number of anilines is 2. The summed E-state index contributed by atoms with van der Waals surface area (Å²) in [4.78, 5) is 25.4. The Morgan fingerprint density at radius 2 is 1.85 bits per heavy atom. The van der Waals surface area contributed by atoms with Gasteiger partial charge < -0.3 is 4.90 Å². The molecule has 3 aromatic rings. The van der Waals surface area contributed by atoms with Crippen molar-refractivity contribution in [3.8, 4) is 0 Å². The molecule has 0 atom stereocenters. The van der Waals surface area contributed by atoms with Crippen LogP contribution in [0.5, 0.6) is 0 Å². The third-order valence-electron chi connectivity index (χ3n) is 4.83. The molecule has 1 saturated heterocycles. The van der Waals surface area contributed by atoms with E-state index in [0.29, 0.717) is 43.2 Å². The number of pyridine rings is 1. The normalized spacial score (nSPS) is 15.0. The van der Waals surface area contributed by atoms with E-state index in [4.69, 9.17) is 0 Å². The number of nitrogens with zero attached hydrogens (tertiary/aromatic N) is 5. The van der Waals surface area contributed by atoms with Crippen LogP contribution in [0.1, 0.15) is 12.8 Å². The van der Waals surface area contributed by atoms with E-state index in [1.807, 2.05) is 23.1 Å². The van der Waals surface area contributed by atoms with E-state index in [0.717, 1.165) is 0 Å². The molecule has 1 N–H and O–H groups in total. The van der Waals surface area contributed by atoms with Crippen LogP contribution in [0.4, 0.5) is 17.3 Å². The number of fused-ring (bicyclic) bond motifs is 1. The molecule has 0 spiro atoms. The molecule has 1 aliphatic rings. The average Bonchev–Trinajstić information content (AvgIpc) is 3.11. The summed E-state index contributed by atoms with van der Waals surface area (Å²) in [6, 6.07) is 12.2. The van der Waals surface area contributed by atoms with Crippen LogP contribution in [-0.2, 0) is 4.79 Å². The van der Waals surface area contributed by atoms with Crippen LogP contribution in [0.25, 0.3) is 5.65 Å². The van der Waals surface area contributed by atoms with Gasteiger partial charge in [0.05, 0.1) is 4.92 Å². The van der Waals surface area contributed by atoms with Crippen LogP contribution in [0.2, 0.25) is 0 Å². The molecule has 2 aromatic heterocycles. The molecule has 0 bridgehead atoms. The minimum absolute atomic E-state index is 0.0929. The maximum Gasteiger partial charge on any atom is 0.292 e. The molecular weight excluding hydrogens is 348 g/mol. The summed E-state index contributed by atoms with van der Waals surface area (Å²) in [5, 5.41) is 22.1. The number of amides is 1. The first-order chi connectivity index (χ1) is 13.1. The Bertz CT molecular complexity index is 993. The molecular formula is C18H18N6O3. The quantitative estimate of drug-likeness (QED) is 0.562. The summed E-state index contributed by atoms with van der Waals surface area (Å²) in [5.74, 6) is 0.132. The number of benzene rings is 1. The van der Waals surface area contributed by atoms with Crippen molar-refractivity contribution in [2.45, 2.75) is 12.8 Å². The molecule has 0 saturated carbocycles. The van der Waals surface area contributed by atoms with Crippen molar-refractivity contribution >= 4 is 28.9 Å². The zero-order valence-electron chi connectivity index (χ0n) is 14.5. The molecule has 1 fully saturated rings. The minimum atomic E-state index is -0.371.